The predicted octanol–water partition coefficient (Wildman–Crippen LogP) is 5.92. The Balaban J connectivity index is 1.95. The van der Waals surface area contributed by atoms with Gasteiger partial charge in [-0.3, -0.25) is 5.32 Å². The molecule has 7 heteroatoms. The Bertz CT molecular complexity index is 969. The highest BCUT2D eigenvalue weighted by Gasteiger charge is 2.25. The Morgan fingerprint density at radius 1 is 1.00 bits per heavy atom. The minimum atomic E-state index is -0.493. The lowest BCUT2D eigenvalue weighted by Crippen LogP contribution is -2.20. The minimum absolute atomic E-state index is 0.352. The summed E-state index contributed by atoms with van der Waals surface area (Å²) in [4.78, 5) is 25.7. The molecule has 0 bridgehead atoms. The number of carbonyl (C=O) groups excluding carboxylic acids is 2. The van der Waals surface area contributed by atoms with Crippen molar-refractivity contribution in [2.45, 2.75) is 6.92 Å². The number of aryl methyl sites for hydroxylation is 1. The van der Waals surface area contributed by atoms with E-state index in [-0.39, 0.29) is 0 Å². The molecule has 2 N–H and O–H groups in total. The maximum absolute atomic E-state index is 12.5. The Hall–Kier alpha value is -2.64. The number of amides is 2. The van der Waals surface area contributed by atoms with Crippen molar-refractivity contribution in [3.63, 3.8) is 0 Å². The molecule has 0 aliphatic rings. The third-order valence-electron chi connectivity index (χ3n) is 3.87. The second-order valence-electron chi connectivity index (χ2n) is 5.68. The molecule has 1 aromatic heterocycles. The number of urea groups is 1. The number of esters is 1. The largest absolute Gasteiger partial charge is 0.465 e. The monoisotopic (exact) mass is 444 g/mol. The molecule has 0 radical (unpaired) electrons. The van der Waals surface area contributed by atoms with E-state index in [0.717, 1.165) is 20.5 Å². The molecular formula is C20H17BrN2O3S. The van der Waals surface area contributed by atoms with Crippen LogP contribution in [-0.4, -0.2) is 19.1 Å². The van der Waals surface area contributed by atoms with Crippen molar-refractivity contribution in [3.05, 3.63) is 69.5 Å². The normalized spacial score (nSPS) is 10.3. The number of halogens is 1. The lowest BCUT2D eigenvalue weighted by atomic mass is 10.0. The van der Waals surface area contributed by atoms with Gasteiger partial charge in [0, 0.05) is 20.6 Å². The zero-order valence-corrected chi connectivity index (χ0v) is 17.1. The van der Waals surface area contributed by atoms with Crippen LogP contribution in [0.1, 0.15) is 15.2 Å². The molecule has 2 amide bonds. The Morgan fingerprint density at radius 2 is 1.67 bits per heavy atom. The van der Waals surface area contributed by atoms with E-state index in [1.54, 1.807) is 12.1 Å². The zero-order valence-electron chi connectivity index (χ0n) is 14.7. The van der Waals surface area contributed by atoms with Crippen LogP contribution in [0.2, 0.25) is 0 Å². The lowest BCUT2D eigenvalue weighted by Gasteiger charge is -2.09. The molecule has 2 aromatic carbocycles. The van der Waals surface area contributed by atoms with E-state index in [1.165, 1.54) is 18.4 Å². The quantitative estimate of drug-likeness (QED) is 0.490. The SMILES string of the molecule is COC(=O)c1c(NC(=O)Nc2ccccc2)sc(C)c1-c1ccc(Br)cc1. The van der Waals surface area contributed by atoms with Crippen LogP contribution in [0, 0.1) is 6.92 Å². The number of methoxy groups -OCH3 is 1. The van der Waals surface area contributed by atoms with Gasteiger partial charge in [-0.2, -0.15) is 0 Å². The van der Waals surface area contributed by atoms with E-state index in [0.29, 0.717) is 16.3 Å². The van der Waals surface area contributed by atoms with Crippen molar-refractivity contribution in [1.82, 2.24) is 0 Å². The average Bonchev–Trinajstić information content (AvgIpc) is 2.98. The third-order valence-corrected chi connectivity index (χ3v) is 5.41. The van der Waals surface area contributed by atoms with Gasteiger partial charge < -0.3 is 10.1 Å². The Labute approximate surface area is 169 Å². The smallest absolute Gasteiger partial charge is 0.341 e. The lowest BCUT2D eigenvalue weighted by molar-refractivity contribution is 0.0603. The van der Waals surface area contributed by atoms with Gasteiger partial charge in [0.1, 0.15) is 10.6 Å². The number of rotatable bonds is 4. The molecule has 0 unspecified atom stereocenters. The molecule has 0 aliphatic carbocycles. The maximum atomic E-state index is 12.5. The van der Waals surface area contributed by atoms with Crippen molar-refractivity contribution < 1.29 is 14.3 Å². The van der Waals surface area contributed by atoms with Crippen LogP contribution in [0.3, 0.4) is 0 Å². The number of para-hydroxylation sites is 1. The summed E-state index contributed by atoms with van der Waals surface area (Å²) >= 11 is 4.75. The molecule has 3 aromatic rings. The van der Waals surface area contributed by atoms with Crippen molar-refractivity contribution in [2.75, 3.05) is 17.7 Å². The van der Waals surface area contributed by atoms with Crippen LogP contribution in [-0.2, 0) is 4.74 Å². The van der Waals surface area contributed by atoms with Crippen LogP contribution in [0.25, 0.3) is 11.1 Å². The van der Waals surface area contributed by atoms with E-state index in [1.807, 2.05) is 49.4 Å². The third kappa shape index (κ3) is 4.37. The van der Waals surface area contributed by atoms with Gasteiger partial charge in [0.25, 0.3) is 0 Å². The Kier molecular flexibility index (Phi) is 5.93. The van der Waals surface area contributed by atoms with Crippen LogP contribution < -0.4 is 10.6 Å². The summed E-state index contributed by atoms with van der Waals surface area (Å²) in [5.41, 5.74) is 2.65. The molecule has 138 valence electrons. The molecule has 0 fully saturated rings. The van der Waals surface area contributed by atoms with Gasteiger partial charge in [-0.25, -0.2) is 9.59 Å². The molecule has 1 heterocycles. The fourth-order valence-corrected chi connectivity index (χ4v) is 4.00. The van der Waals surface area contributed by atoms with Gasteiger partial charge in [-0.1, -0.05) is 46.3 Å². The highest BCUT2D eigenvalue weighted by atomic mass is 79.9. The summed E-state index contributed by atoms with van der Waals surface area (Å²) < 4.78 is 5.91. The molecule has 27 heavy (non-hydrogen) atoms. The molecule has 0 saturated heterocycles. The second kappa shape index (κ2) is 8.37. The number of ether oxygens (including phenoxy) is 1. The molecule has 0 spiro atoms. The summed E-state index contributed by atoms with van der Waals surface area (Å²) in [5, 5.41) is 5.97. The van der Waals surface area contributed by atoms with Gasteiger partial charge in [0.05, 0.1) is 7.11 Å². The molecular weight excluding hydrogens is 428 g/mol. The minimum Gasteiger partial charge on any atom is -0.465 e. The fraction of sp³-hybridized carbons (Fsp3) is 0.100. The summed E-state index contributed by atoms with van der Waals surface area (Å²) in [6.45, 7) is 1.91. The number of carbonyl (C=O) groups is 2. The number of hydrogen-bond donors (Lipinski definition) is 2. The van der Waals surface area contributed by atoms with Gasteiger partial charge in [-0.15, -0.1) is 11.3 Å². The summed E-state index contributed by atoms with van der Waals surface area (Å²) in [6.07, 6.45) is 0. The summed E-state index contributed by atoms with van der Waals surface area (Å²) in [5.74, 6) is -0.493. The summed E-state index contributed by atoms with van der Waals surface area (Å²) in [6, 6.07) is 16.3. The number of benzene rings is 2. The molecule has 0 atom stereocenters. The number of thiophene rings is 1. The number of hydrogen-bond acceptors (Lipinski definition) is 4. The van der Waals surface area contributed by atoms with Gasteiger partial charge in [0.15, 0.2) is 0 Å². The first kappa shape index (κ1) is 19.1. The first-order valence-electron chi connectivity index (χ1n) is 8.10. The first-order chi connectivity index (χ1) is 13.0. The van der Waals surface area contributed by atoms with Gasteiger partial charge >= 0.3 is 12.0 Å². The van der Waals surface area contributed by atoms with Crippen molar-refractivity contribution in [1.29, 1.82) is 0 Å². The molecule has 0 aliphatic heterocycles. The summed E-state index contributed by atoms with van der Waals surface area (Å²) in [7, 11) is 1.33. The van der Waals surface area contributed by atoms with E-state index in [4.69, 9.17) is 4.74 Å². The highest BCUT2D eigenvalue weighted by Crippen LogP contribution is 2.40. The van der Waals surface area contributed by atoms with Crippen LogP contribution in [0.4, 0.5) is 15.5 Å². The van der Waals surface area contributed by atoms with E-state index in [9.17, 15) is 9.59 Å². The number of anilines is 2. The fourth-order valence-electron chi connectivity index (χ4n) is 2.68. The van der Waals surface area contributed by atoms with Crippen molar-refractivity contribution in [2.24, 2.45) is 0 Å². The second-order valence-corrected chi connectivity index (χ2v) is 7.82. The predicted molar refractivity (Wildman–Crippen MR) is 113 cm³/mol. The van der Waals surface area contributed by atoms with E-state index >= 15 is 0 Å². The van der Waals surface area contributed by atoms with E-state index < -0.39 is 12.0 Å². The molecule has 5 nitrogen and oxygen atoms in total. The standard InChI is InChI=1S/C20H17BrN2O3S/c1-12-16(13-8-10-14(21)11-9-13)17(19(24)26-2)18(27-12)23-20(25)22-15-6-4-3-5-7-15/h3-11H,1-2H3,(H2,22,23,25). The first-order valence-corrected chi connectivity index (χ1v) is 9.71. The topological polar surface area (TPSA) is 67.4 Å². The highest BCUT2D eigenvalue weighted by molar-refractivity contribution is 9.10. The number of nitrogens with one attached hydrogen (secondary N) is 2. The van der Waals surface area contributed by atoms with Crippen molar-refractivity contribution >= 4 is 50.0 Å². The average molecular weight is 445 g/mol. The maximum Gasteiger partial charge on any atom is 0.341 e. The van der Waals surface area contributed by atoms with Gasteiger partial charge in [-0.05, 0) is 36.8 Å². The van der Waals surface area contributed by atoms with Gasteiger partial charge in [0.2, 0.25) is 0 Å². The Morgan fingerprint density at radius 3 is 2.30 bits per heavy atom. The van der Waals surface area contributed by atoms with E-state index in [2.05, 4.69) is 26.6 Å². The molecule has 3 rings (SSSR count). The van der Waals surface area contributed by atoms with Crippen LogP contribution >= 0.6 is 27.3 Å². The van der Waals surface area contributed by atoms with Crippen LogP contribution in [0.15, 0.2) is 59.1 Å². The zero-order chi connectivity index (χ0) is 19.4. The van der Waals surface area contributed by atoms with Crippen molar-refractivity contribution in [3.8, 4) is 11.1 Å². The molecule has 0 saturated carbocycles. The van der Waals surface area contributed by atoms with Crippen LogP contribution in [0.5, 0.6) is 0 Å².